The molecule has 3 atom stereocenters. The number of benzene rings is 2. The lowest BCUT2D eigenvalue weighted by Crippen LogP contribution is -2.44. The van der Waals surface area contributed by atoms with Gasteiger partial charge in [-0.2, -0.15) is 4.68 Å². The molecule has 2 heterocycles. The van der Waals surface area contributed by atoms with Crippen LogP contribution in [-0.2, 0) is 0 Å². The fraction of sp³-hybridized carbons (Fsp3) is 0.440. The number of nitrogens with two attached hydrogens (primary N) is 2. The van der Waals surface area contributed by atoms with Gasteiger partial charge < -0.3 is 21.2 Å². The van der Waals surface area contributed by atoms with Gasteiger partial charge in [-0.15, -0.1) is 0 Å². The van der Waals surface area contributed by atoms with E-state index in [0.717, 1.165) is 47.6 Å². The molecule has 8 nitrogen and oxygen atoms in total. The van der Waals surface area contributed by atoms with E-state index in [9.17, 15) is 9.59 Å². The summed E-state index contributed by atoms with van der Waals surface area (Å²) in [6.07, 6.45) is 1.85. The molecular weight excluding hydrogens is 418 g/mol. The van der Waals surface area contributed by atoms with Gasteiger partial charge in [0.2, 0.25) is 0 Å². The van der Waals surface area contributed by atoms with Crippen molar-refractivity contribution in [2.45, 2.75) is 38.8 Å². The van der Waals surface area contributed by atoms with E-state index in [2.05, 4.69) is 11.8 Å². The van der Waals surface area contributed by atoms with E-state index < -0.39 is 11.2 Å². The Labute approximate surface area is 192 Å². The number of aryl methyl sites for hydroxylation is 1. The summed E-state index contributed by atoms with van der Waals surface area (Å²) in [6.45, 7) is 6.33. The van der Waals surface area contributed by atoms with Crippen LogP contribution >= 0.6 is 0 Å². The number of nitrogen functional groups attached to an aromatic ring is 1. The van der Waals surface area contributed by atoms with Crippen LogP contribution in [0.15, 0.2) is 52.1 Å². The van der Waals surface area contributed by atoms with Crippen molar-refractivity contribution in [2.24, 2.45) is 17.6 Å². The molecule has 4 N–H and O–H groups in total. The highest BCUT2D eigenvalue weighted by molar-refractivity contribution is 5.87. The van der Waals surface area contributed by atoms with Crippen LogP contribution in [0.5, 0.6) is 5.75 Å². The minimum absolute atomic E-state index is 0.0972. The second-order valence-electron chi connectivity index (χ2n) is 9.50. The van der Waals surface area contributed by atoms with Gasteiger partial charge in [0.25, 0.3) is 5.56 Å². The molecule has 1 aromatic heterocycles. The summed E-state index contributed by atoms with van der Waals surface area (Å²) in [5, 5.41) is 0.488. The number of hydrogen-bond donors (Lipinski definition) is 2. The van der Waals surface area contributed by atoms with Crippen molar-refractivity contribution < 1.29 is 4.74 Å². The minimum atomic E-state index is -0.450. The van der Waals surface area contributed by atoms with Gasteiger partial charge in [0, 0.05) is 30.9 Å². The smallest absolute Gasteiger partial charge is 0.350 e. The molecule has 2 fully saturated rings. The van der Waals surface area contributed by atoms with Crippen molar-refractivity contribution in [1.82, 2.24) is 9.24 Å². The van der Waals surface area contributed by atoms with Crippen LogP contribution in [0.3, 0.4) is 0 Å². The number of para-hydroxylation sites is 1. The minimum Gasteiger partial charge on any atom is -0.492 e. The van der Waals surface area contributed by atoms with Gasteiger partial charge in [0.1, 0.15) is 12.4 Å². The topological polar surface area (TPSA) is 109 Å². The first-order valence-electron chi connectivity index (χ1n) is 11.6. The molecule has 0 spiro atoms. The second-order valence-corrected chi connectivity index (χ2v) is 9.50. The first-order chi connectivity index (χ1) is 15.9. The van der Waals surface area contributed by atoms with Gasteiger partial charge in [-0.3, -0.25) is 9.36 Å². The van der Waals surface area contributed by atoms with Crippen LogP contribution in [0.25, 0.3) is 10.9 Å². The van der Waals surface area contributed by atoms with Crippen molar-refractivity contribution in [1.29, 1.82) is 0 Å². The molecule has 1 aliphatic heterocycles. The monoisotopic (exact) mass is 449 g/mol. The van der Waals surface area contributed by atoms with E-state index in [1.165, 1.54) is 0 Å². The Morgan fingerprint density at radius 1 is 1.09 bits per heavy atom. The van der Waals surface area contributed by atoms with Gasteiger partial charge in [0.05, 0.1) is 10.9 Å². The van der Waals surface area contributed by atoms with Crippen LogP contribution in [0.4, 0.5) is 5.69 Å². The number of hydrogen-bond acceptors (Lipinski definition) is 6. The molecule has 3 aromatic rings. The van der Waals surface area contributed by atoms with E-state index in [-0.39, 0.29) is 18.0 Å². The van der Waals surface area contributed by atoms with E-state index in [1.807, 2.05) is 43.3 Å². The number of rotatable bonds is 6. The molecule has 5 rings (SSSR count). The number of nitrogens with zero attached hydrogens (tertiary/aromatic N) is 3. The highest BCUT2D eigenvalue weighted by Gasteiger charge is 2.36. The van der Waals surface area contributed by atoms with Crippen molar-refractivity contribution in [3.8, 4) is 5.75 Å². The number of fused-ring (bicyclic) bond motifs is 1. The Kier molecular flexibility index (Phi) is 5.40. The highest BCUT2D eigenvalue weighted by atomic mass is 16.5. The van der Waals surface area contributed by atoms with Gasteiger partial charge in [-0.1, -0.05) is 25.1 Å². The number of anilines is 1. The maximum atomic E-state index is 12.8. The van der Waals surface area contributed by atoms with E-state index in [0.29, 0.717) is 23.4 Å². The second kappa shape index (κ2) is 8.26. The van der Waals surface area contributed by atoms with E-state index in [4.69, 9.17) is 16.3 Å². The zero-order chi connectivity index (χ0) is 23.3. The lowest BCUT2D eigenvalue weighted by molar-refractivity contribution is 0.233. The molecule has 33 heavy (non-hydrogen) atoms. The zero-order valence-electron chi connectivity index (χ0n) is 19.1. The van der Waals surface area contributed by atoms with E-state index in [1.54, 1.807) is 10.6 Å². The summed E-state index contributed by atoms with van der Waals surface area (Å²) in [7, 11) is 0. The van der Waals surface area contributed by atoms with E-state index >= 15 is 0 Å². The highest BCUT2D eigenvalue weighted by Crippen LogP contribution is 2.39. The first kappa shape index (κ1) is 21.6. The fourth-order valence-electron chi connectivity index (χ4n) is 5.19. The standard InChI is InChI=1S/C25H31N5O3/c1-15-12-28(13-20(15)21(26)14-33-18-6-4-3-5-7-18)22-11-10-19-23(16(22)2)29(17-8-9-17)25(32)30(27)24(19)31/h3-7,10-11,15,17,20-21H,8-9,12-14,26-27H2,1-2H3/t15-,20+,21+/m1/s1. The van der Waals surface area contributed by atoms with Crippen molar-refractivity contribution in [3.63, 3.8) is 0 Å². The van der Waals surface area contributed by atoms with Crippen LogP contribution in [0.1, 0.15) is 31.4 Å². The molecule has 8 heteroatoms. The predicted molar refractivity (Wildman–Crippen MR) is 130 cm³/mol. The van der Waals surface area contributed by atoms with Gasteiger partial charge in [-0.25, -0.2) is 4.79 Å². The number of aromatic nitrogens is 2. The average molecular weight is 450 g/mol. The van der Waals surface area contributed by atoms with Crippen LogP contribution in [0, 0.1) is 18.8 Å². The lowest BCUT2D eigenvalue weighted by Gasteiger charge is -2.25. The normalized spacial score (nSPS) is 21.5. The fourth-order valence-corrected chi connectivity index (χ4v) is 5.19. The molecule has 0 bridgehead atoms. The Hall–Kier alpha value is -3.26. The summed E-state index contributed by atoms with van der Waals surface area (Å²) in [4.78, 5) is 27.8. The molecule has 0 unspecified atom stereocenters. The van der Waals surface area contributed by atoms with Gasteiger partial charge in [-0.05, 0) is 61.4 Å². The Bertz CT molecular complexity index is 1300. The molecule has 0 radical (unpaired) electrons. The summed E-state index contributed by atoms with van der Waals surface area (Å²) in [5.74, 6) is 7.28. The summed E-state index contributed by atoms with van der Waals surface area (Å²) >= 11 is 0. The van der Waals surface area contributed by atoms with Crippen LogP contribution in [0.2, 0.25) is 0 Å². The van der Waals surface area contributed by atoms with Crippen LogP contribution in [-0.4, -0.2) is 35.0 Å². The Balaban J connectivity index is 1.43. The molecule has 1 saturated heterocycles. The zero-order valence-corrected chi connectivity index (χ0v) is 19.1. The first-order valence-corrected chi connectivity index (χ1v) is 11.6. The van der Waals surface area contributed by atoms with Crippen molar-refractivity contribution in [2.75, 3.05) is 30.4 Å². The summed E-state index contributed by atoms with van der Waals surface area (Å²) in [6, 6.07) is 13.5. The third kappa shape index (κ3) is 3.78. The van der Waals surface area contributed by atoms with Crippen molar-refractivity contribution >= 4 is 16.6 Å². The average Bonchev–Trinajstić information content (AvgIpc) is 3.58. The molecule has 1 aliphatic carbocycles. The molecule has 2 aromatic carbocycles. The molecule has 2 aliphatic rings. The quantitative estimate of drug-likeness (QED) is 0.557. The summed E-state index contributed by atoms with van der Waals surface area (Å²) in [5.41, 5.74) is 8.35. The van der Waals surface area contributed by atoms with Gasteiger partial charge >= 0.3 is 5.69 Å². The summed E-state index contributed by atoms with van der Waals surface area (Å²) < 4.78 is 8.36. The molecule has 0 amide bonds. The maximum absolute atomic E-state index is 12.8. The molecular formula is C25H31N5O3. The SMILES string of the molecule is Cc1c(N2C[C@H]([C@@H](N)COc3ccccc3)[C@H](C)C2)ccc2c(=O)n(N)c(=O)n(C3CC3)c12. The third-order valence-corrected chi connectivity index (χ3v) is 7.16. The Morgan fingerprint density at radius 2 is 1.82 bits per heavy atom. The molecule has 1 saturated carbocycles. The van der Waals surface area contributed by atoms with Crippen LogP contribution < -0.4 is 32.5 Å². The maximum Gasteiger partial charge on any atom is 0.350 e. The third-order valence-electron chi connectivity index (χ3n) is 7.16. The molecule has 174 valence electrons. The predicted octanol–water partition coefficient (Wildman–Crippen LogP) is 2.00. The number of ether oxygens (including phenoxy) is 1. The largest absolute Gasteiger partial charge is 0.492 e. The van der Waals surface area contributed by atoms with Crippen molar-refractivity contribution in [3.05, 3.63) is 68.9 Å². The lowest BCUT2D eigenvalue weighted by atomic mass is 9.91. The Morgan fingerprint density at radius 3 is 2.52 bits per heavy atom. The van der Waals surface area contributed by atoms with Gasteiger partial charge in [0.15, 0.2) is 0 Å².